The normalized spacial score (nSPS) is 32.3. The third kappa shape index (κ3) is 2.83. The fourth-order valence-corrected chi connectivity index (χ4v) is 2.98. The van der Waals surface area contributed by atoms with Gasteiger partial charge in [0.1, 0.15) is 17.7 Å². The Labute approximate surface area is 108 Å². The standard InChI is InChI=1S/C15H22FNO/c1-9-6-11(3)15(13(17)7-9)18-14-5-4-12(16)8-10(14)2/h4-5,8-9,11,13,15H,6-7,17H2,1-3H3. The topological polar surface area (TPSA) is 35.2 Å². The Morgan fingerprint density at radius 3 is 2.61 bits per heavy atom. The Morgan fingerprint density at radius 2 is 2.00 bits per heavy atom. The molecule has 1 aliphatic rings. The van der Waals surface area contributed by atoms with Crippen LogP contribution in [-0.4, -0.2) is 12.1 Å². The van der Waals surface area contributed by atoms with Crippen molar-refractivity contribution in [3.63, 3.8) is 0 Å². The van der Waals surface area contributed by atoms with Crippen LogP contribution in [0.1, 0.15) is 32.3 Å². The van der Waals surface area contributed by atoms with Crippen molar-refractivity contribution in [2.24, 2.45) is 17.6 Å². The molecule has 1 aromatic rings. The Bertz CT molecular complexity index is 409. The predicted octanol–water partition coefficient (Wildman–Crippen LogP) is 3.27. The number of rotatable bonds is 2. The molecule has 1 aliphatic carbocycles. The molecule has 1 saturated carbocycles. The molecule has 0 bridgehead atoms. The zero-order valence-electron chi connectivity index (χ0n) is 11.3. The maximum absolute atomic E-state index is 13.1. The molecule has 0 radical (unpaired) electrons. The first-order valence-corrected chi connectivity index (χ1v) is 6.65. The predicted molar refractivity (Wildman–Crippen MR) is 71.1 cm³/mol. The van der Waals surface area contributed by atoms with Gasteiger partial charge in [0.2, 0.25) is 0 Å². The molecule has 0 amide bonds. The van der Waals surface area contributed by atoms with Gasteiger partial charge in [-0.25, -0.2) is 4.39 Å². The summed E-state index contributed by atoms with van der Waals surface area (Å²) in [5, 5.41) is 0. The summed E-state index contributed by atoms with van der Waals surface area (Å²) in [6.07, 6.45) is 2.17. The van der Waals surface area contributed by atoms with E-state index in [0.717, 1.165) is 24.2 Å². The van der Waals surface area contributed by atoms with Gasteiger partial charge in [-0.05, 0) is 55.4 Å². The van der Waals surface area contributed by atoms with Crippen molar-refractivity contribution in [2.45, 2.75) is 45.8 Å². The molecule has 3 heteroatoms. The second kappa shape index (κ2) is 5.27. The minimum atomic E-state index is -0.227. The van der Waals surface area contributed by atoms with E-state index in [1.807, 2.05) is 6.92 Å². The highest BCUT2D eigenvalue weighted by molar-refractivity contribution is 5.33. The van der Waals surface area contributed by atoms with E-state index in [1.165, 1.54) is 12.1 Å². The Hall–Kier alpha value is -1.09. The maximum Gasteiger partial charge on any atom is 0.123 e. The first-order valence-electron chi connectivity index (χ1n) is 6.65. The highest BCUT2D eigenvalue weighted by Crippen LogP contribution is 2.32. The van der Waals surface area contributed by atoms with Crippen molar-refractivity contribution in [3.8, 4) is 5.75 Å². The van der Waals surface area contributed by atoms with E-state index < -0.39 is 0 Å². The molecule has 2 N–H and O–H groups in total. The lowest BCUT2D eigenvalue weighted by atomic mass is 9.78. The van der Waals surface area contributed by atoms with E-state index in [-0.39, 0.29) is 18.0 Å². The van der Waals surface area contributed by atoms with Crippen molar-refractivity contribution in [1.82, 2.24) is 0 Å². The molecule has 1 fully saturated rings. The highest BCUT2D eigenvalue weighted by atomic mass is 19.1. The molecule has 0 saturated heterocycles. The lowest BCUT2D eigenvalue weighted by Gasteiger charge is -2.37. The summed E-state index contributed by atoms with van der Waals surface area (Å²) in [6.45, 7) is 6.27. The van der Waals surface area contributed by atoms with E-state index in [1.54, 1.807) is 6.07 Å². The number of hydrogen-bond acceptors (Lipinski definition) is 2. The minimum Gasteiger partial charge on any atom is -0.488 e. The summed E-state index contributed by atoms with van der Waals surface area (Å²) in [5.41, 5.74) is 7.02. The van der Waals surface area contributed by atoms with E-state index in [0.29, 0.717) is 11.8 Å². The van der Waals surface area contributed by atoms with Gasteiger partial charge in [0.05, 0.1) is 0 Å². The van der Waals surface area contributed by atoms with Gasteiger partial charge in [-0.3, -0.25) is 0 Å². The molecule has 0 aliphatic heterocycles. The van der Waals surface area contributed by atoms with Crippen molar-refractivity contribution < 1.29 is 9.13 Å². The zero-order valence-corrected chi connectivity index (χ0v) is 11.3. The highest BCUT2D eigenvalue weighted by Gasteiger charge is 2.33. The van der Waals surface area contributed by atoms with Crippen LogP contribution in [0.2, 0.25) is 0 Å². The monoisotopic (exact) mass is 251 g/mol. The summed E-state index contributed by atoms with van der Waals surface area (Å²) in [5.74, 6) is 1.62. The van der Waals surface area contributed by atoms with Crippen molar-refractivity contribution in [2.75, 3.05) is 0 Å². The van der Waals surface area contributed by atoms with Gasteiger partial charge in [0.25, 0.3) is 0 Å². The van der Waals surface area contributed by atoms with E-state index in [9.17, 15) is 4.39 Å². The molecule has 0 spiro atoms. The van der Waals surface area contributed by atoms with Crippen LogP contribution in [0.3, 0.4) is 0 Å². The number of ether oxygens (including phenoxy) is 1. The van der Waals surface area contributed by atoms with Crippen LogP contribution in [0.15, 0.2) is 18.2 Å². The number of aryl methyl sites for hydroxylation is 1. The van der Waals surface area contributed by atoms with Crippen LogP contribution in [-0.2, 0) is 0 Å². The maximum atomic E-state index is 13.1. The van der Waals surface area contributed by atoms with Gasteiger partial charge in [-0.15, -0.1) is 0 Å². The van der Waals surface area contributed by atoms with Gasteiger partial charge in [-0.2, -0.15) is 0 Å². The van der Waals surface area contributed by atoms with E-state index in [4.69, 9.17) is 10.5 Å². The second-order valence-corrected chi connectivity index (χ2v) is 5.71. The molecule has 1 aromatic carbocycles. The first kappa shape index (κ1) is 13.3. The van der Waals surface area contributed by atoms with Crippen molar-refractivity contribution >= 4 is 0 Å². The molecular weight excluding hydrogens is 229 g/mol. The van der Waals surface area contributed by atoms with Gasteiger partial charge in [0, 0.05) is 6.04 Å². The fourth-order valence-electron chi connectivity index (χ4n) is 2.98. The lowest BCUT2D eigenvalue weighted by molar-refractivity contribution is 0.0620. The summed E-state index contributed by atoms with van der Waals surface area (Å²) in [7, 11) is 0. The average Bonchev–Trinajstić information content (AvgIpc) is 2.25. The molecule has 4 atom stereocenters. The van der Waals surface area contributed by atoms with Crippen LogP contribution in [0.5, 0.6) is 5.75 Å². The summed E-state index contributed by atoms with van der Waals surface area (Å²) >= 11 is 0. The second-order valence-electron chi connectivity index (χ2n) is 5.71. The smallest absolute Gasteiger partial charge is 0.123 e. The number of nitrogens with two attached hydrogens (primary N) is 1. The quantitative estimate of drug-likeness (QED) is 0.875. The third-order valence-electron chi connectivity index (χ3n) is 3.83. The molecular formula is C15H22FNO. The van der Waals surface area contributed by atoms with Crippen LogP contribution >= 0.6 is 0 Å². The SMILES string of the molecule is Cc1cc(F)ccc1OC1C(C)CC(C)CC1N. The van der Waals surface area contributed by atoms with Crippen LogP contribution < -0.4 is 10.5 Å². The van der Waals surface area contributed by atoms with Crippen molar-refractivity contribution in [1.29, 1.82) is 0 Å². The van der Waals surface area contributed by atoms with Gasteiger partial charge in [-0.1, -0.05) is 13.8 Å². The first-order chi connectivity index (χ1) is 8.47. The summed E-state index contributed by atoms with van der Waals surface area (Å²) < 4.78 is 19.1. The van der Waals surface area contributed by atoms with Gasteiger partial charge >= 0.3 is 0 Å². The molecule has 4 unspecified atom stereocenters. The molecule has 18 heavy (non-hydrogen) atoms. The Kier molecular flexibility index (Phi) is 3.91. The Morgan fingerprint density at radius 1 is 1.28 bits per heavy atom. The molecule has 2 rings (SSSR count). The largest absolute Gasteiger partial charge is 0.488 e. The minimum absolute atomic E-state index is 0.0327. The lowest BCUT2D eigenvalue weighted by Crippen LogP contribution is -2.48. The number of halogens is 1. The summed E-state index contributed by atoms with van der Waals surface area (Å²) in [6, 6.07) is 4.69. The summed E-state index contributed by atoms with van der Waals surface area (Å²) in [4.78, 5) is 0. The molecule has 0 aromatic heterocycles. The average molecular weight is 251 g/mol. The van der Waals surface area contributed by atoms with E-state index in [2.05, 4.69) is 13.8 Å². The van der Waals surface area contributed by atoms with Crippen molar-refractivity contribution in [3.05, 3.63) is 29.6 Å². The third-order valence-corrected chi connectivity index (χ3v) is 3.83. The van der Waals surface area contributed by atoms with E-state index >= 15 is 0 Å². The molecule has 2 nitrogen and oxygen atoms in total. The number of benzene rings is 1. The van der Waals surface area contributed by atoms with Crippen LogP contribution in [0.25, 0.3) is 0 Å². The van der Waals surface area contributed by atoms with Crippen LogP contribution in [0.4, 0.5) is 4.39 Å². The van der Waals surface area contributed by atoms with Crippen LogP contribution in [0, 0.1) is 24.6 Å². The Balaban J connectivity index is 2.12. The van der Waals surface area contributed by atoms with Gasteiger partial charge < -0.3 is 10.5 Å². The number of hydrogen-bond donors (Lipinski definition) is 1. The fraction of sp³-hybridized carbons (Fsp3) is 0.600. The van der Waals surface area contributed by atoms with Gasteiger partial charge in [0.15, 0.2) is 0 Å². The zero-order chi connectivity index (χ0) is 13.3. The molecule has 0 heterocycles. The molecule has 100 valence electrons.